The van der Waals surface area contributed by atoms with E-state index in [2.05, 4.69) is 6.58 Å². The van der Waals surface area contributed by atoms with Crippen molar-refractivity contribution >= 4 is 11.9 Å². The summed E-state index contributed by atoms with van der Waals surface area (Å²) in [7, 11) is 1.61. The second-order valence-corrected chi connectivity index (χ2v) is 4.04. The Morgan fingerprint density at radius 1 is 1.38 bits per heavy atom. The topological polar surface area (TPSA) is 46.6 Å². The molecule has 0 bridgehead atoms. The Morgan fingerprint density at radius 3 is 2.19 bits per heavy atom. The molecule has 0 saturated carbocycles. The highest BCUT2D eigenvalue weighted by molar-refractivity contribution is 5.80. The Hall–Kier alpha value is -1.32. The molecule has 16 heavy (non-hydrogen) atoms. The van der Waals surface area contributed by atoms with Crippen LogP contribution in [0.5, 0.6) is 0 Å². The summed E-state index contributed by atoms with van der Waals surface area (Å²) < 4.78 is 4.98. The largest absolute Gasteiger partial charge is 0.465 e. The van der Waals surface area contributed by atoms with Gasteiger partial charge in [-0.2, -0.15) is 0 Å². The van der Waals surface area contributed by atoms with Crippen LogP contribution in [-0.4, -0.2) is 30.4 Å². The first-order valence-corrected chi connectivity index (χ1v) is 5.42. The van der Waals surface area contributed by atoms with Crippen molar-refractivity contribution in [1.82, 2.24) is 4.90 Å². The normalized spacial score (nSPS) is 12.1. The maximum Gasteiger partial charge on any atom is 0.315 e. The van der Waals surface area contributed by atoms with Crippen LogP contribution in [0, 0.1) is 11.8 Å². The molecule has 1 unspecified atom stereocenters. The lowest BCUT2D eigenvalue weighted by Gasteiger charge is -2.27. The molecule has 0 fully saturated rings. The van der Waals surface area contributed by atoms with Crippen molar-refractivity contribution in [1.29, 1.82) is 0 Å². The van der Waals surface area contributed by atoms with Crippen molar-refractivity contribution in [3.8, 4) is 0 Å². The van der Waals surface area contributed by atoms with E-state index in [0.717, 1.165) is 0 Å². The second kappa shape index (κ2) is 6.30. The minimum atomic E-state index is -0.464. The molecular formula is C12H21NO3. The first-order valence-electron chi connectivity index (χ1n) is 5.42. The van der Waals surface area contributed by atoms with Crippen molar-refractivity contribution in [2.45, 2.75) is 27.7 Å². The Balaban J connectivity index is 4.86. The van der Waals surface area contributed by atoms with E-state index < -0.39 is 5.92 Å². The Morgan fingerprint density at radius 2 is 1.88 bits per heavy atom. The zero-order valence-electron chi connectivity index (χ0n) is 10.7. The molecule has 0 aromatic carbocycles. The molecule has 0 radical (unpaired) electrons. The highest BCUT2D eigenvalue weighted by atomic mass is 16.5. The average molecular weight is 227 g/mol. The number of rotatable bonds is 5. The van der Waals surface area contributed by atoms with Gasteiger partial charge in [-0.25, -0.2) is 0 Å². The number of carbonyl (C=O) groups is 2. The molecule has 0 heterocycles. The summed E-state index contributed by atoms with van der Waals surface area (Å²) in [6, 6.07) is 0. The van der Waals surface area contributed by atoms with Crippen LogP contribution in [0.25, 0.3) is 0 Å². The van der Waals surface area contributed by atoms with Crippen molar-refractivity contribution in [2.75, 3.05) is 13.7 Å². The van der Waals surface area contributed by atoms with Crippen LogP contribution in [0.15, 0.2) is 12.3 Å². The number of ether oxygens (including phenoxy) is 1. The predicted molar refractivity (Wildman–Crippen MR) is 62.5 cm³/mol. The summed E-state index contributed by atoms with van der Waals surface area (Å²) in [5.41, 5.74) is 0.487. The molecule has 1 amide bonds. The minimum absolute atomic E-state index is 0.0494. The first-order chi connectivity index (χ1) is 7.32. The smallest absolute Gasteiger partial charge is 0.315 e. The molecule has 0 aromatic rings. The monoisotopic (exact) mass is 227 g/mol. The zero-order chi connectivity index (χ0) is 12.9. The van der Waals surface area contributed by atoms with Crippen molar-refractivity contribution in [2.24, 2.45) is 11.8 Å². The van der Waals surface area contributed by atoms with Crippen molar-refractivity contribution in [3.05, 3.63) is 12.3 Å². The molecule has 0 rings (SSSR count). The van der Waals surface area contributed by atoms with Gasteiger partial charge in [0.2, 0.25) is 5.91 Å². The molecule has 0 aliphatic carbocycles. The molecule has 0 saturated heterocycles. The van der Waals surface area contributed by atoms with Crippen LogP contribution >= 0.6 is 0 Å². The van der Waals surface area contributed by atoms with E-state index >= 15 is 0 Å². The van der Waals surface area contributed by atoms with E-state index in [1.165, 1.54) is 11.8 Å². The van der Waals surface area contributed by atoms with E-state index in [4.69, 9.17) is 4.74 Å². The number of esters is 1. The molecule has 0 aromatic heterocycles. The first kappa shape index (κ1) is 14.7. The summed E-state index contributed by atoms with van der Waals surface area (Å²) in [4.78, 5) is 24.3. The lowest BCUT2D eigenvalue weighted by molar-refractivity contribution is -0.148. The number of carbonyl (C=O) groups excluding carboxylic acids is 2. The van der Waals surface area contributed by atoms with E-state index in [-0.39, 0.29) is 17.8 Å². The van der Waals surface area contributed by atoms with Gasteiger partial charge in [0.15, 0.2) is 0 Å². The van der Waals surface area contributed by atoms with E-state index in [9.17, 15) is 9.59 Å². The molecule has 1 atom stereocenters. The number of hydrogen-bond donors (Lipinski definition) is 0. The van der Waals surface area contributed by atoms with Crippen LogP contribution in [-0.2, 0) is 14.3 Å². The molecule has 0 spiro atoms. The maximum atomic E-state index is 11.7. The van der Waals surface area contributed by atoms with Gasteiger partial charge < -0.3 is 9.64 Å². The SMILES string of the molecule is C=C(C(C(=O)OCC)C(C)C)N(C)C(C)=O. The van der Waals surface area contributed by atoms with Gasteiger partial charge in [-0.1, -0.05) is 20.4 Å². The van der Waals surface area contributed by atoms with Crippen LogP contribution in [0.3, 0.4) is 0 Å². The fourth-order valence-electron chi connectivity index (χ4n) is 1.44. The van der Waals surface area contributed by atoms with Gasteiger partial charge in [-0.3, -0.25) is 9.59 Å². The summed E-state index contributed by atoms with van der Waals surface area (Å²) in [5.74, 6) is -0.877. The Labute approximate surface area is 97.3 Å². The lowest BCUT2D eigenvalue weighted by Crippen LogP contribution is -2.34. The Bertz CT molecular complexity index is 284. The third kappa shape index (κ3) is 3.68. The molecular weight excluding hydrogens is 206 g/mol. The molecule has 0 aliphatic heterocycles. The molecule has 4 nitrogen and oxygen atoms in total. The average Bonchev–Trinajstić information content (AvgIpc) is 2.16. The fraction of sp³-hybridized carbons (Fsp3) is 0.667. The van der Waals surface area contributed by atoms with Gasteiger partial charge in [0.25, 0.3) is 0 Å². The standard InChI is InChI=1S/C12H21NO3/c1-7-16-12(15)11(8(2)3)9(4)13(6)10(5)14/h8,11H,4,7H2,1-3,5-6H3. The zero-order valence-corrected chi connectivity index (χ0v) is 10.7. The third-order valence-electron chi connectivity index (χ3n) is 2.47. The van der Waals surface area contributed by atoms with Gasteiger partial charge in [-0.05, 0) is 12.8 Å². The van der Waals surface area contributed by atoms with Crippen LogP contribution in [0.2, 0.25) is 0 Å². The summed E-state index contributed by atoms with van der Waals surface area (Å²) in [6.45, 7) is 11.1. The Kier molecular flexibility index (Phi) is 5.78. The van der Waals surface area contributed by atoms with Crippen LogP contribution in [0.4, 0.5) is 0 Å². The fourth-order valence-corrected chi connectivity index (χ4v) is 1.44. The van der Waals surface area contributed by atoms with E-state index in [0.29, 0.717) is 12.3 Å². The van der Waals surface area contributed by atoms with E-state index in [1.807, 2.05) is 13.8 Å². The highest BCUT2D eigenvalue weighted by Crippen LogP contribution is 2.23. The van der Waals surface area contributed by atoms with Gasteiger partial charge in [0.05, 0.1) is 12.5 Å². The minimum Gasteiger partial charge on any atom is -0.465 e. The maximum absolute atomic E-state index is 11.7. The van der Waals surface area contributed by atoms with Gasteiger partial charge in [-0.15, -0.1) is 0 Å². The third-order valence-corrected chi connectivity index (χ3v) is 2.47. The van der Waals surface area contributed by atoms with E-state index in [1.54, 1.807) is 14.0 Å². The molecule has 4 heteroatoms. The molecule has 0 N–H and O–H groups in total. The molecule has 92 valence electrons. The highest BCUT2D eigenvalue weighted by Gasteiger charge is 2.29. The number of hydrogen-bond acceptors (Lipinski definition) is 3. The van der Waals surface area contributed by atoms with Crippen molar-refractivity contribution < 1.29 is 14.3 Å². The molecule has 0 aliphatic rings. The van der Waals surface area contributed by atoms with Crippen LogP contribution in [0.1, 0.15) is 27.7 Å². The van der Waals surface area contributed by atoms with Gasteiger partial charge in [0, 0.05) is 19.7 Å². The quantitative estimate of drug-likeness (QED) is 0.673. The van der Waals surface area contributed by atoms with Gasteiger partial charge in [0.1, 0.15) is 0 Å². The van der Waals surface area contributed by atoms with Gasteiger partial charge >= 0.3 is 5.97 Å². The number of nitrogens with zero attached hydrogens (tertiary/aromatic N) is 1. The summed E-state index contributed by atoms with van der Waals surface area (Å²) in [5, 5.41) is 0. The van der Waals surface area contributed by atoms with Crippen molar-refractivity contribution in [3.63, 3.8) is 0 Å². The summed E-state index contributed by atoms with van der Waals surface area (Å²) >= 11 is 0. The predicted octanol–water partition coefficient (Wildman–Crippen LogP) is 1.81. The van der Waals surface area contributed by atoms with Crippen LogP contribution < -0.4 is 0 Å². The summed E-state index contributed by atoms with van der Waals surface area (Å²) in [6.07, 6.45) is 0. The second-order valence-electron chi connectivity index (χ2n) is 4.04. The lowest BCUT2D eigenvalue weighted by atomic mass is 9.92. The number of amides is 1.